The summed E-state index contributed by atoms with van der Waals surface area (Å²) in [4.78, 5) is 16.1. The number of carbonyl (C=O) groups is 1. The van der Waals surface area contributed by atoms with Crippen molar-refractivity contribution in [2.24, 2.45) is 0 Å². The molecule has 1 aliphatic heterocycles. The summed E-state index contributed by atoms with van der Waals surface area (Å²) >= 11 is 0. The number of ether oxygens (including phenoxy) is 1. The maximum atomic E-state index is 12.1. The SMILES string of the molecule is CCN(CC#N)[C@@H]1CCCN(C(=O)OC(C)(C)C)CC1. The number of likely N-dealkylation sites (tertiary alicyclic amines) is 1. The molecule has 1 saturated heterocycles. The second-order valence-corrected chi connectivity index (χ2v) is 6.27. The van der Waals surface area contributed by atoms with Crippen LogP contribution in [0.2, 0.25) is 0 Å². The Kier molecular flexibility index (Phi) is 6.28. The largest absolute Gasteiger partial charge is 0.444 e. The van der Waals surface area contributed by atoms with Gasteiger partial charge in [0.2, 0.25) is 0 Å². The predicted octanol–water partition coefficient (Wildman–Crippen LogP) is 2.62. The fourth-order valence-corrected chi connectivity index (χ4v) is 2.54. The Hall–Kier alpha value is -1.28. The van der Waals surface area contributed by atoms with Gasteiger partial charge in [-0.15, -0.1) is 0 Å². The van der Waals surface area contributed by atoms with Crippen LogP contribution < -0.4 is 0 Å². The van der Waals surface area contributed by atoms with Gasteiger partial charge in [0.05, 0.1) is 12.6 Å². The lowest BCUT2D eigenvalue weighted by Crippen LogP contribution is -2.39. The molecule has 1 heterocycles. The van der Waals surface area contributed by atoms with E-state index in [1.165, 1.54) is 0 Å². The molecule has 5 heteroatoms. The summed E-state index contributed by atoms with van der Waals surface area (Å²) in [5.74, 6) is 0. The van der Waals surface area contributed by atoms with Gasteiger partial charge in [-0.2, -0.15) is 5.26 Å². The maximum absolute atomic E-state index is 12.1. The average Bonchev–Trinajstić information content (AvgIpc) is 2.59. The Morgan fingerprint density at radius 3 is 2.65 bits per heavy atom. The zero-order chi connectivity index (χ0) is 15.2. The van der Waals surface area contributed by atoms with Crippen molar-refractivity contribution in [1.29, 1.82) is 5.26 Å². The van der Waals surface area contributed by atoms with Crippen LogP contribution in [0.1, 0.15) is 47.0 Å². The monoisotopic (exact) mass is 281 g/mol. The lowest BCUT2D eigenvalue weighted by Gasteiger charge is -2.28. The van der Waals surface area contributed by atoms with Gasteiger partial charge in [0.1, 0.15) is 5.60 Å². The molecule has 20 heavy (non-hydrogen) atoms. The average molecular weight is 281 g/mol. The van der Waals surface area contributed by atoms with E-state index in [4.69, 9.17) is 10.00 Å². The normalized spacial score (nSPS) is 20.4. The molecule has 0 unspecified atom stereocenters. The van der Waals surface area contributed by atoms with Gasteiger partial charge < -0.3 is 9.64 Å². The quantitative estimate of drug-likeness (QED) is 0.746. The summed E-state index contributed by atoms with van der Waals surface area (Å²) < 4.78 is 5.42. The van der Waals surface area contributed by atoms with Crippen molar-refractivity contribution in [3.63, 3.8) is 0 Å². The Morgan fingerprint density at radius 2 is 2.10 bits per heavy atom. The van der Waals surface area contributed by atoms with Crippen molar-refractivity contribution in [2.75, 3.05) is 26.2 Å². The molecule has 5 nitrogen and oxygen atoms in total. The van der Waals surface area contributed by atoms with Crippen molar-refractivity contribution >= 4 is 6.09 Å². The lowest BCUT2D eigenvalue weighted by molar-refractivity contribution is 0.0253. The van der Waals surface area contributed by atoms with Crippen LogP contribution in [0, 0.1) is 11.3 Å². The Labute approximate surface area is 122 Å². The molecule has 1 amide bonds. The van der Waals surface area contributed by atoms with E-state index in [1.807, 2.05) is 20.8 Å². The first-order chi connectivity index (χ1) is 9.37. The van der Waals surface area contributed by atoms with E-state index in [9.17, 15) is 4.79 Å². The third-order valence-electron chi connectivity index (χ3n) is 3.55. The van der Waals surface area contributed by atoms with Crippen LogP contribution in [0.25, 0.3) is 0 Å². The summed E-state index contributed by atoms with van der Waals surface area (Å²) in [7, 11) is 0. The third kappa shape index (κ3) is 5.38. The number of nitriles is 1. The molecule has 0 saturated carbocycles. The van der Waals surface area contributed by atoms with Crippen LogP contribution in [0.3, 0.4) is 0 Å². The van der Waals surface area contributed by atoms with Gasteiger partial charge in [0.25, 0.3) is 0 Å². The maximum Gasteiger partial charge on any atom is 0.410 e. The van der Waals surface area contributed by atoms with Gasteiger partial charge in [-0.3, -0.25) is 4.90 Å². The highest BCUT2D eigenvalue weighted by atomic mass is 16.6. The molecule has 1 aliphatic rings. The first kappa shape index (κ1) is 16.8. The molecule has 1 atom stereocenters. The molecule has 114 valence electrons. The van der Waals surface area contributed by atoms with E-state index in [1.54, 1.807) is 4.90 Å². The molecule has 0 aliphatic carbocycles. The molecule has 0 radical (unpaired) electrons. The van der Waals surface area contributed by atoms with Gasteiger partial charge in [0.15, 0.2) is 0 Å². The van der Waals surface area contributed by atoms with Crippen LogP contribution in [-0.2, 0) is 4.74 Å². The van der Waals surface area contributed by atoms with Gasteiger partial charge in [0, 0.05) is 19.1 Å². The molecule has 0 spiro atoms. The third-order valence-corrected chi connectivity index (χ3v) is 3.55. The topological polar surface area (TPSA) is 56.6 Å². The van der Waals surface area contributed by atoms with Crippen molar-refractivity contribution in [2.45, 2.75) is 58.6 Å². The van der Waals surface area contributed by atoms with E-state index < -0.39 is 5.60 Å². The molecule has 0 N–H and O–H groups in total. The second kappa shape index (κ2) is 7.49. The fraction of sp³-hybridized carbons (Fsp3) is 0.867. The second-order valence-electron chi connectivity index (χ2n) is 6.27. The van der Waals surface area contributed by atoms with Crippen molar-refractivity contribution < 1.29 is 9.53 Å². The van der Waals surface area contributed by atoms with E-state index in [-0.39, 0.29) is 6.09 Å². The van der Waals surface area contributed by atoms with E-state index in [0.717, 1.165) is 32.4 Å². The Balaban J connectivity index is 2.55. The van der Waals surface area contributed by atoms with Crippen LogP contribution >= 0.6 is 0 Å². The first-order valence-corrected chi connectivity index (χ1v) is 7.46. The minimum atomic E-state index is -0.445. The van der Waals surface area contributed by atoms with Crippen molar-refractivity contribution in [3.8, 4) is 6.07 Å². The number of hydrogen-bond donors (Lipinski definition) is 0. The van der Waals surface area contributed by atoms with Crippen molar-refractivity contribution in [3.05, 3.63) is 0 Å². The molecule has 1 rings (SSSR count). The molecule has 0 aromatic heterocycles. The van der Waals surface area contributed by atoms with Gasteiger partial charge >= 0.3 is 6.09 Å². The molecule has 0 aromatic rings. The summed E-state index contributed by atoms with van der Waals surface area (Å²) in [6.07, 6.45) is 2.69. The summed E-state index contributed by atoms with van der Waals surface area (Å²) in [5, 5.41) is 8.86. The molecule has 0 aromatic carbocycles. The first-order valence-electron chi connectivity index (χ1n) is 7.46. The van der Waals surface area contributed by atoms with Gasteiger partial charge in [-0.05, 0) is 46.6 Å². The number of amides is 1. The van der Waals surface area contributed by atoms with Gasteiger partial charge in [-0.25, -0.2) is 4.79 Å². The molecular formula is C15H27N3O2. The number of nitrogens with zero attached hydrogens (tertiary/aromatic N) is 3. The van der Waals surface area contributed by atoms with Crippen LogP contribution in [0.4, 0.5) is 4.79 Å². The van der Waals surface area contributed by atoms with Gasteiger partial charge in [-0.1, -0.05) is 6.92 Å². The molecule has 1 fully saturated rings. The van der Waals surface area contributed by atoms with Crippen LogP contribution in [-0.4, -0.2) is 53.7 Å². The fourth-order valence-electron chi connectivity index (χ4n) is 2.54. The van der Waals surface area contributed by atoms with E-state index >= 15 is 0 Å². The number of rotatable bonds is 3. The Bertz CT molecular complexity index is 357. The Morgan fingerprint density at radius 1 is 1.40 bits per heavy atom. The smallest absolute Gasteiger partial charge is 0.410 e. The standard InChI is InChI=1S/C15H27N3O2/c1-5-17(12-9-16)13-7-6-10-18(11-8-13)14(19)20-15(2,3)4/h13H,5-8,10-12H2,1-4H3/t13-/m1/s1. The van der Waals surface area contributed by atoms with E-state index in [2.05, 4.69) is 17.9 Å². The minimum absolute atomic E-state index is 0.221. The summed E-state index contributed by atoms with van der Waals surface area (Å²) in [6, 6.07) is 2.62. The van der Waals surface area contributed by atoms with Crippen LogP contribution in [0.5, 0.6) is 0 Å². The van der Waals surface area contributed by atoms with Crippen LogP contribution in [0.15, 0.2) is 0 Å². The highest BCUT2D eigenvalue weighted by Gasteiger charge is 2.26. The van der Waals surface area contributed by atoms with E-state index in [0.29, 0.717) is 19.1 Å². The predicted molar refractivity (Wildman–Crippen MR) is 78.3 cm³/mol. The number of hydrogen-bond acceptors (Lipinski definition) is 4. The zero-order valence-corrected chi connectivity index (χ0v) is 13.2. The zero-order valence-electron chi connectivity index (χ0n) is 13.2. The number of carbonyl (C=O) groups excluding carboxylic acids is 1. The highest BCUT2D eigenvalue weighted by molar-refractivity contribution is 5.68. The minimum Gasteiger partial charge on any atom is -0.444 e. The molecular weight excluding hydrogens is 254 g/mol. The van der Waals surface area contributed by atoms with Crippen molar-refractivity contribution in [1.82, 2.24) is 9.80 Å². The summed E-state index contributed by atoms with van der Waals surface area (Å²) in [6.45, 7) is 10.5. The highest BCUT2D eigenvalue weighted by Crippen LogP contribution is 2.18. The summed E-state index contributed by atoms with van der Waals surface area (Å²) in [5.41, 5.74) is -0.445. The molecule has 0 bridgehead atoms. The lowest BCUT2D eigenvalue weighted by atomic mass is 10.1.